The second-order valence-corrected chi connectivity index (χ2v) is 6.94. The molecule has 0 bridgehead atoms. The summed E-state index contributed by atoms with van der Waals surface area (Å²) in [4.78, 5) is 25.4. The number of hydrogen-bond acceptors (Lipinski definition) is 4. The molecule has 0 aromatic heterocycles. The van der Waals surface area contributed by atoms with Crippen molar-refractivity contribution in [2.75, 3.05) is 0 Å². The third-order valence-corrected chi connectivity index (χ3v) is 5.08. The quantitative estimate of drug-likeness (QED) is 0.465. The Kier molecular flexibility index (Phi) is 7.39. The summed E-state index contributed by atoms with van der Waals surface area (Å²) in [5.41, 5.74) is 4.61. The molecular weight excluding hydrogens is 376 g/mol. The van der Waals surface area contributed by atoms with Gasteiger partial charge in [0.15, 0.2) is 0 Å². The smallest absolute Gasteiger partial charge is 0.339 e. The van der Waals surface area contributed by atoms with Gasteiger partial charge in [-0.05, 0) is 47.2 Å². The van der Waals surface area contributed by atoms with Crippen LogP contribution in [0.1, 0.15) is 56.8 Å². The normalized spacial score (nSPS) is 10.5. The Balaban J connectivity index is 1.70. The number of rotatable bonds is 8. The molecule has 3 aromatic rings. The number of benzene rings is 3. The van der Waals surface area contributed by atoms with E-state index in [-0.39, 0.29) is 24.3 Å². The largest absolute Gasteiger partial charge is 0.457 e. The first-order valence-electron chi connectivity index (χ1n) is 10.2. The maximum Gasteiger partial charge on any atom is 0.339 e. The van der Waals surface area contributed by atoms with Gasteiger partial charge in [0, 0.05) is 0 Å². The van der Waals surface area contributed by atoms with E-state index in [9.17, 15) is 9.59 Å². The van der Waals surface area contributed by atoms with Gasteiger partial charge >= 0.3 is 11.9 Å². The molecule has 154 valence electrons. The minimum absolute atomic E-state index is 0.163. The molecule has 30 heavy (non-hydrogen) atoms. The third kappa shape index (κ3) is 5.15. The van der Waals surface area contributed by atoms with Crippen LogP contribution in [0.25, 0.3) is 0 Å². The Morgan fingerprint density at radius 3 is 1.27 bits per heavy atom. The van der Waals surface area contributed by atoms with Crippen molar-refractivity contribution in [3.05, 3.63) is 106 Å². The lowest BCUT2D eigenvalue weighted by molar-refractivity contribution is 0.0424. The molecule has 3 aromatic carbocycles. The number of carbonyl (C=O) groups excluding carboxylic acids is 2. The molecule has 0 fully saturated rings. The number of esters is 2. The van der Waals surface area contributed by atoms with Crippen LogP contribution in [0.2, 0.25) is 0 Å². The standard InChI is InChI=1S/C26H26O4/c1-3-19-11-5-7-13-21(19)17-29-25(27)23-15-9-10-16-24(23)26(28)30-18-22-14-8-6-12-20(22)4-2/h5-16H,3-4,17-18H2,1-2H3. The van der Waals surface area contributed by atoms with Crippen LogP contribution in [-0.2, 0) is 35.5 Å². The van der Waals surface area contributed by atoms with Crippen molar-refractivity contribution in [3.63, 3.8) is 0 Å². The maximum atomic E-state index is 12.7. The predicted molar refractivity (Wildman–Crippen MR) is 116 cm³/mol. The van der Waals surface area contributed by atoms with Crippen molar-refractivity contribution >= 4 is 11.9 Å². The summed E-state index contributed by atoms with van der Waals surface area (Å²) in [6, 6.07) is 22.3. The first-order chi connectivity index (χ1) is 14.6. The van der Waals surface area contributed by atoms with Gasteiger partial charge in [0.25, 0.3) is 0 Å². The van der Waals surface area contributed by atoms with E-state index in [0.29, 0.717) is 0 Å². The Bertz CT molecular complexity index is 940. The third-order valence-electron chi connectivity index (χ3n) is 5.08. The monoisotopic (exact) mass is 402 g/mol. The zero-order chi connectivity index (χ0) is 21.3. The molecule has 3 rings (SSSR count). The highest BCUT2D eigenvalue weighted by Crippen LogP contribution is 2.17. The van der Waals surface area contributed by atoms with Gasteiger partial charge in [-0.25, -0.2) is 9.59 Å². The summed E-state index contributed by atoms with van der Waals surface area (Å²) in [6.07, 6.45) is 1.71. The van der Waals surface area contributed by atoms with E-state index < -0.39 is 11.9 Å². The van der Waals surface area contributed by atoms with Crippen molar-refractivity contribution in [2.45, 2.75) is 39.9 Å². The van der Waals surface area contributed by atoms with Crippen molar-refractivity contribution in [1.82, 2.24) is 0 Å². The van der Waals surface area contributed by atoms with Crippen LogP contribution >= 0.6 is 0 Å². The average Bonchev–Trinajstić information content (AvgIpc) is 2.81. The second kappa shape index (κ2) is 10.4. The van der Waals surface area contributed by atoms with E-state index in [1.54, 1.807) is 24.3 Å². The topological polar surface area (TPSA) is 52.6 Å². The lowest BCUT2D eigenvalue weighted by Gasteiger charge is -2.12. The van der Waals surface area contributed by atoms with E-state index in [0.717, 1.165) is 35.1 Å². The number of hydrogen-bond donors (Lipinski definition) is 0. The molecule has 4 heteroatoms. The van der Waals surface area contributed by atoms with Crippen LogP contribution in [0.3, 0.4) is 0 Å². The van der Waals surface area contributed by atoms with Gasteiger partial charge in [-0.15, -0.1) is 0 Å². The fourth-order valence-corrected chi connectivity index (χ4v) is 3.37. The predicted octanol–water partition coefficient (Wildman–Crippen LogP) is 5.53. The summed E-state index contributed by atoms with van der Waals surface area (Å²) < 4.78 is 11.0. The average molecular weight is 402 g/mol. The SMILES string of the molecule is CCc1ccccc1COC(=O)c1ccccc1C(=O)OCc1ccccc1CC. The molecule has 0 saturated carbocycles. The van der Waals surface area contributed by atoms with Gasteiger partial charge in [0.2, 0.25) is 0 Å². The Morgan fingerprint density at radius 1 is 0.567 bits per heavy atom. The van der Waals surface area contributed by atoms with Crippen LogP contribution in [0, 0.1) is 0 Å². The second-order valence-electron chi connectivity index (χ2n) is 6.94. The lowest BCUT2D eigenvalue weighted by atomic mass is 10.1. The molecule has 0 amide bonds. The van der Waals surface area contributed by atoms with E-state index in [1.807, 2.05) is 48.5 Å². The van der Waals surface area contributed by atoms with Crippen molar-refractivity contribution in [3.8, 4) is 0 Å². The van der Waals surface area contributed by atoms with Crippen molar-refractivity contribution < 1.29 is 19.1 Å². The first-order valence-corrected chi connectivity index (χ1v) is 10.2. The molecule has 0 N–H and O–H groups in total. The number of carbonyl (C=O) groups is 2. The minimum Gasteiger partial charge on any atom is -0.457 e. The first kappa shape index (κ1) is 21.3. The van der Waals surface area contributed by atoms with Crippen molar-refractivity contribution in [2.24, 2.45) is 0 Å². The van der Waals surface area contributed by atoms with E-state index in [1.165, 1.54) is 0 Å². The fraction of sp³-hybridized carbons (Fsp3) is 0.231. The summed E-state index contributed by atoms with van der Waals surface area (Å²) in [6.45, 7) is 4.44. The fourth-order valence-electron chi connectivity index (χ4n) is 3.37. The van der Waals surface area contributed by atoms with E-state index in [4.69, 9.17) is 9.47 Å². The molecule has 0 heterocycles. The number of ether oxygens (including phenoxy) is 2. The highest BCUT2D eigenvalue weighted by Gasteiger charge is 2.19. The van der Waals surface area contributed by atoms with Crippen LogP contribution in [-0.4, -0.2) is 11.9 Å². The summed E-state index contributed by atoms with van der Waals surface area (Å²) in [5.74, 6) is -1.08. The van der Waals surface area contributed by atoms with Gasteiger partial charge in [-0.3, -0.25) is 0 Å². The van der Waals surface area contributed by atoms with Gasteiger partial charge in [0.05, 0.1) is 11.1 Å². The maximum absolute atomic E-state index is 12.7. The van der Waals surface area contributed by atoms with Crippen LogP contribution in [0.4, 0.5) is 0 Å². The molecule has 0 aliphatic rings. The Hall–Kier alpha value is -3.40. The molecule has 0 radical (unpaired) electrons. The van der Waals surface area contributed by atoms with Gasteiger partial charge in [-0.1, -0.05) is 74.5 Å². The molecule has 0 aliphatic carbocycles. The van der Waals surface area contributed by atoms with Gasteiger partial charge < -0.3 is 9.47 Å². The summed E-state index contributed by atoms with van der Waals surface area (Å²) >= 11 is 0. The Labute approximate surface area is 177 Å². The van der Waals surface area contributed by atoms with Crippen LogP contribution in [0.5, 0.6) is 0 Å². The van der Waals surface area contributed by atoms with E-state index in [2.05, 4.69) is 13.8 Å². The molecule has 4 nitrogen and oxygen atoms in total. The molecule has 0 atom stereocenters. The summed E-state index contributed by atoms with van der Waals surface area (Å²) in [5, 5.41) is 0. The van der Waals surface area contributed by atoms with Crippen LogP contribution < -0.4 is 0 Å². The molecular formula is C26H26O4. The number of aryl methyl sites for hydroxylation is 2. The summed E-state index contributed by atoms with van der Waals surface area (Å²) in [7, 11) is 0. The zero-order valence-corrected chi connectivity index (χ0v) is 17.4. The Morgan fingerprint density at radius 2 is 0.900 bits per heavy atom. The van der Waals surface area contributed by atoms with Gasteiger partial charge in [0.1, 0.15) is 13.2 Å². The van der Waals surface area contributed by atoms with Crippen LogP contribution in [0.15, 0.2) is 72.8 Å². The molecule has 0 unspecified atom stereocenters. The van der Waals surface area contributed by atoms with Crippen molar-refractivity contribution in [1.29, 1.82) is 0 Å². The molecule has 0 spiro atoms. The highest BCUT2D eigenvalue weighted by molar-refractivity contribution is 6.03. The minimum atomic E-state index is -0.539. The van der Waals surface area contributed by atoms with Gasteiger partial charge in [-0.2, -0.15) is 0 Å². The lowest BCUT2D eigenvalue weighted by Crippen LogP contribution is -2.14. The van der Waals surface area contributed by atoms with E-state index >= 15 is 0 Å². The zero-order valence-electron chi connectivity index (χ0n) is 17.4. The molecule has 0 aliphatic heterocycles. The highest BCUT2D eigenvalue weighted by atomic mass is 16.5. The molecule has 0 saturated heterocycles.